The highest BCUT2D eigenvalue weighted by Gasteiger charge is 2.44. The highest BCUT2D eigenvalue weighted by Crippen LogP contribution is 2.46. The summed E-state index contributed by atoms with van der Waals surface area (Å²) in [6.45, 7) is 3.33. The maximum atomic E-state index is 12.6. The Morgan fingerprint density at radius 2 is 1.70 bits per heavy atom. The van der Waals surface area contributed by atoms with Crippen molar-refractivity contribution in [1.29, 1.82) is 0 Å². The molecule has 40 heavy (non-hydrogen) atoms. The number of benzene rings is 2. The number of carbonyl (C=O) groups excluding carboxylic acids is 1. The van der Waals surface area contributed by atoms with Crippen molar-refractivity contribution in [3.8, 4) is 0 Å². The van der Waals surface area contributed by atoms with E-state index in [1.165, 1.54) is 43.2 Å². The van der Waals surface area contributed by atoms with Gasteiger partial charge < -0.3 is 9.88 Å². The fraction of sp³-hybridized carbons (Fsp3) is 0.485. The molecule has 7 rings (SSSR count). The second-order valence-corrected chi connectivity index (χ2v) is 12.4. The van der Waals surface area contributed by atoms with Gasteiger partial charge in [-0.05, 0) is 94.4 Å². The van der Waals surface area contributed by atoms with E-state index < -0.39 is 0 Å². The molecule has 2 N–H and O–H groups in total. The van der Waals surface area contributed by atoms with Gasteiger partial charge in [-0.3, -0.25) is 14.8 Å². The van der Waals surface area contributed by atoms with Gasteiger partial charge in [0.1, 0.15) is 5.82 Å². The molecule has 7 nitrogen and oxygen atoms in total. The number of hydrogen-bond donors (Lipinski definition) is 2. The van der Waals surface area contributed by atoms with Crippen LogP contribution in [-0.2, 0) is 5.41 Å². The first-order chi connectivity index (χ1) is 19.6. The summed E-state index contributed by atoms with van der Waals surface area (Å²) < 4.78 is 2.53. The predicted molar refractivity (Wildman–Crippen MR) is 157 cm³/mol. The summed E-state index contributed by atoms with van der Waals surface area (Å²) in [6, 6.07) is 21.9. The molecule has 1 amide bonds. The van der Waals surface area contributed by atoms with Gasteiger partial charge in [0.05, 0.1) is 22.8 Å². The van der Waals surface area contributed by atoms with Crippen molar-refractivity contribution < 1.29 is 4.79 Å². The third kappa shape index (κ3) is 4.64. The molecular weight excluding hydrogens is 496 g/mol. The van der Waals surface area contributed by atoms with Gasteiger partial charge in [0.2, 0.25) is 0 Å². The van der Waals surface area contributed by atoms with Crippen LogP contribution in [0.4, 0.5) is 0 Å². The number of aromatic nitrogens is 4. The standard InChI is InChI=1S/C33H40N6O/c1-23-36-30-9-5-6-10-31(30)39(23)29-19-27-11-12-28(20-29)38(27)18-17-33(25-7-3-2-4-8-25)15-13-26(14-16-33)37-32(40)24-21-34-35-22-24/h2-10,21-22,26-29H,11-20H2,1H3,(H,34,35)(H,37,40). The van der Waals surface area contributed by atoms with Gasteiger partial charge in [-0.25, -0.2) is 4.98 Å². The number of fused-ring (bicyclic) bond motifs is 3. The van der Waals surface area contributed by atoms with E-state index in [2.05, 4.69) is 86.5 Å². The molecule has 3 fully saturated rings. The lowest BCUT2D eigenvalue weighted by Crippen LogP contribution is -2.47. The van der Waals surface area contributed by atoms with Crippen molar-refractivity contribution >= 4 is 16.9 Å². The monoisotopic (exact) mass is 536 g/mol. The van der Waals surface area contributed by atoms with Crippen LogP contribution in [0.25, 0.3) is 11.0 Å². The van der Waals surface area contributed by atoms with Crippen molar-refractivity contribution in [3.63, 3.8) is 0 Å². The van der Waals surface area contributed by atoms with Crippen LogP contribution in [0.5, 0.6) is 0 Å². The first kappa shape index (κ1) is 25.5. The van der Waals surface area contributed by atoms with Crippen molar-refractivity contribution in [2.24, 2.45) is 0 Å². The van der Waals surface area contributed by atoms with E-state index in [1.54, 1.807) is 12.4 Å². The first-order valence-corrected chi connectivity index (χ1v) is 15.1. The van der Waals surface area contributed by atoms with Gasteiger partial charge >= 0.3 is 0 Å². The fourth-order valence-electron chi connectivity index (χ4n) is 8.22. The summed E-state index contributed by atoms with van der Waals surface area (Å²) in [5.41, 5.74) is 4.66. The van der Waals surface area contributed by atoms with E-state index in [4.69, 9.17) is 4.98 Å². The van der Waals surface area contributed by atoms with Gasteiger partial charge in [0.25, 0.3) is 5.91 Å². The molecule has 208 valence electrons. The number of imidazole rings is 1. The number of aromatic amines is 1. The number of nitrogens with one attached hydrogen (secondary N) is 2. The van der Waals surface area contributed by atoms with Crippen molar-refractivity contribution in [1.82, 2.24) is 30.0 Å². The van der Waals surface area contributed by atoms with Crippen molar-refractivity contribution in [3.05, 3.63) is 83.9 Å². The Hall–Kier alpha value is -3.45. The number of carbonyl (C=O) groups is 1. The predicted octanol–water partition coefficient (Wildman–Crippen LogP) is 5.94. The largest absolute Gasteiger partial charge is 0.349 e. The molecule has 2 unspecified atom stereocenters. The lowest BCUT2D eigenvalue weighted by Gasteiger charge is -2.45. The number of nitrogens with zero attached hydrogens (tertiary/aromatic N) is 4. The zero-order valence-electron chi connectivity index (χ0n) is 23.4. The number of piperidine rings is 1. The minimum atomic E-state index is -0.0219. The van der Waals surface area contributed by atoms with E-state index in [0.29, 0.717) is 23.7 Å². The number of para-hydroxylation sites is 2. The second-order valence-electron chi connectivity index (χ2n) is 12.4. The van der Waals surface area contributed by atoms with Gasteiger partial charge in [-0.1, -0.05) is 42.5 Å². The maximum Gasteiger partial charge on any atom is 0.254 e. The molecule has 3 aliphatic rings. The van der Waals surface area contributed by atoms with Gasteiger partial charge in [-0.15, -0.1) is 0 Å². The number of rotatable bonds is 7. The quantitative estimate of drug-likeness (QED) is 0.307. The molecule has 2 atom stereocenters. The van der Waals surface area contributed by atoms with E-state index in [0.717, 1.165) is 43.6 Å². The summed E-state index contributed by atoms with van der Waals surface area (Å²) in [5.74, 6) is 1.13. The Balaban J connectivity index is 1.04. The molecular formula is C33H40N6O. The van der Waals surface area contributed by atoms with E-state index in [9.17, 15) is 4.79 Å². The Kier molecular flexibility index (Phi) is 6.70. The third-order valence-corrected chi connectivity index (χ3v) is 10.3. The van der Waals surface area contributed by atoms with E-state index >= 15 is 0 Å². The number of hydrogen-bond acceptors (Lipinski definition) is 4. The average Bonchev–Trinajstić information content (AvgIpc) is 3.69. The van der Waals surface area contributed by atoms with Crippen LogP contribution in [0.1, 0.15) is 85.6 Å². The van der Waals surface area contributed by atoms with Gasteiger partial charge in [0, 0.05) is 30.4 Å². The molecule has 4 heterocycles. The van der Waals surface area contributed by atoms with Gasteiger partial charge in [0.15, 0.2) is 0 Å². The summed E-state index contributed by atoms with van der Waals surface area (Å²) in [5, 5.41) is 9.93. The average molecular weight is 537 g/mol. The number of amides is 1. The molecule has 2 aromatic carbocycles. The van der Waals surface area contributed by atoms with Crippen molar-refractivity contribution in [2.45, 2.75) is 94.3 Å². The zero-order chi connectivity index (χ0) is 27.1. The number of H-pyrrole nitrogens is 1. The maximum absolute atomic E-state index is 12.6. The molecule has 2 saturated heterocycles. The fourth-order valence-corrected chi connectivity index (χ4v) is 8.22. The molecule has 2 aliphatic heterocycles. The van der Waals surface area contributed by atoms with Crippen LogP contribution in [0.3, 0.4) is 0 Å². The molecule has 2 bridgehead atoms. The van der Waals surface area contributed by atoms with Crippen LogP contribution in [0.2, 0.25) is 0 Å². The van der Waals surface area contributed by atoms with Crippen LogP contribution in [-0.4, -0.2) is 55.2 Å². The minimum Gasteiger partial charge on any atom is -0.349 e. The lowest BCUT2D eigenvalue weighted by molar-refractivity contribution is 0.0851. The molecule has 1 aliphatic carbocycles. The molecule has 2 aromatic heterocycles. The smallest absolute Gasteiger partial charge is 0.254 e. The third-order valence-electron chi connectivity index (χ3n) is 10.3. The van der Waals surface area contributed by atoms with Crippen molar-refractivity contribution in [2.75, 3.05) is 6.54 Å². The van der Waals surface area contributed by atoms with Crippen LogP contribution in [0.15, 0.2) is 67.0 Å². The Bertz CT molecular complexity index is 1440. The minimum absolute atomic E-state index is 0.0219. The molecule has 0 radical (unpaired) electrons. The molecule has 7 heteroatoms. The van der Waals surface area contributed by atoms with Crippen LogP contribution < -0.4 is 5.32 Å². The van der Waals surface area contributed by atoms with Crippen LogP contribution in [0, 0.1) is 6.92 Å². The highest BCUT2D eigenvalue weighted by molar-refractivity contribution is 5.93. The Morgan fingerprint density at radius 1 is 0.975 bits per heavy atom. The SMILES string of the molecule is Cc1nc2ccccc2n1C1CC2CCC(C1)N2CCC1(c2ccccc2)CCC(NC(=O)c2cn[nH]c2)CC1. The summed E-state index contributed by atoms with van der Waals surface area (Å²) in [7, 11) is 0. The van der Waals surface area contributed by atoms with Gasteiger partial charge in [-0.2, -0.15) is 5.10 Å². The molecule has 0 spiro atoms. The normalized spacial score (nSPS) is 28.6. The molecule has 4 aromatic rings. The first-order valence-electron chi connectivity index (χ1n) is 15.1. The summed E-state index contributed by atoms with van der Waals surface area (Å²) in [4.78, 5) is 20.4. The Labute approximate surface area is 236 Å². The second kappa shape index (κ2) is 10.5. The number of aryl methyl sites for hydroxylation is 1. The topological polar surface area (TPSA) is 78.8 Å². The highest BCUT2D eigenvalue weighted by atomic mass is 16.1. The summed E-state index contributed by atoms with van der Waals surface area (Å²) in [6.07, 6.45) is 13.8. The zero-order valence-corrected chi connectivity index (χ0v) is 23.4. The van der Waals surface area contributed by atoms with E-state index in [-0.39, 0.29) is 17.4 Å². The molecule has 1 saturated carbocycles. The Morgan fingerprint density at radius 3 is 2.42 bits per heavy atom. The van der Waals surface area contributed by atoms with Crippen LogP contribution >= 0.6 is 0 Å². The lowest BCUT2D eigenvalue weighted by atomic mass is 9.66. The summed E-state index contributed by atoms with van der Waals surface area (Å²) >= 11 is 0. The van der Waals surface area contributed by atoms with E-state index in [1.807, 2.05) is 0 Å².